The molecule has 19 heavy (non-hydrogen) atoms. The van der Waals surface area contributed by atoms with Crippen LogP contribution in [0.3, 0.4) is 0 Å². The van der Waals surface area contributed by atoms with Gasteiger partial charge in [0.1, 0.15) is 0 Å². The van der Waals surface area contributed by atoms with Crippen LogP contribution in [-0.2, 0) is 4.79 Å². The van der Waals surface area contributed by atoms with Gasteiger partial charge in [-0.1, -0.05) is 18.2 Å². The standard InChI is InChI=1S/C15H21NO3/c1-11-5-2-3-6-12(11)16(10-9-15(18)19)13-7-4-8-14(13)17/h2-3,5-6,13-14,17H,4,7-10H2,1H3,(H,18,19). The van der Waals surface area contributed by atoms with E-state index in [0.29, 0.717) is 6.54 Å². The molecule has 104 valence electrons. The molecule has 1 aliphatic rings. The second-order valence-corrected chi connectivity index (χ2v) is 5.19. The number of para-hydroxylation sites is 1. The van der Waals surface area contributed by atoms with Gasteiger partial charge in [0, 0.05) is 12.2 Å². The van der Waals surface area contributed by atoms with Crippen LogP contribution in [0.15, 0.2) is 24.3 Å². The van der Waals surface area contributed by atoms with E-state index in [0.717, 1.165) is 30.5 Å². The van der Waals surface area contributed by atoms with Crippen molar-refractivity contribution >= 4 is 11.7 Å². The number of anilines is 1. The molecule has 0 radical (unpaired) electrons. The van der Waals surface area contributed by atoms with Crippen LogP contribution in [0.1, 0.15) is 31.2 Å². The van der Waals surface area contributed by atoms with Crippen LogP contribution in [0, 0.1) is 6.92 Å². The molecule has 2 N–H and O–H groups in total. The molecule has 0 bridgehead atoms. The second-order valence-electron chi connectivity index (χ2n) is 5.19. The number of hydrogen-bond acceptors (Lipinski definition) is 3. The molecule has 2 atom stereocenters. The van der Waals surface area contributed by atoms with Crippen LogP contribution < -0.4 is 4.90 Å². The highest BCUT2D eigenvalue weighted by Gasteiger charge is 2.31. The molecule has 0 saturated heterocycles. The van der Waals surface area contributed by atoms with Gasteiger partial charge in [-0.05, 0) is 37.8 Å². The van der Waals surface area contributed by atoms with Gasteiger partial charge in [0.25, 0.3) is 0 Å². The van der Waals surface area contributed by atoms with Crippen LogP contribution in [0.25, 0.3) is 0 Å². The van der Waals surface area contributed by atoms with Crippen molar-refractivity contribution in [3.8, 4) is 0 Å². The number of carbonyl (C=O) groups is 1. The molecule has 4 heteroatoms. The summed E-state index contributed by atoms with van der Waals surface area (Å²) in [6.07, 6.45) is 2.47. The molecule has 0 aliphatic heterocycles. The number of nitrogens with zero attached hydrogens (tertiary/aromatic N) is 1. The Balaban J connectivity index is 2.23. The zero-order chi connectivity index (χ0) is 13.8. The SMILES string of the molecule is Cc1ccccc1N(CCC(=O)O)C1CCCC1O. The molecule has 0 heterocycles. The van der Waals surface area contributed by atoms with Gasteiger partial charge < -0.3 is 15.1 Å². The molecular weight excluding hydrogens is 242 g/mol. The molecule has 4 nitrogen and oxygen atoms in total. The number of aliphatic carboxylic acids is 1. The normalized spacial score (nSPS) is 22.4. The summed E-state index contributed by atoms with van der Waals surface area (Å²) in [4.78, 5) is 12.9. The molecule has 1 aromatic rings. The summed E-state index contributed by atoms with van der Waals surface area (Å²) >= 11 is 0. The Morgan fingerprint density at radius 3 is 2.68 bits per heavy atom. The minimum atomic E-state index is -0.800. The average Bonchev–Trinajstić information content (AvgIpc) is 2.78. The van der Waals surface area contributed by atoms with Crippen molar-refractivity contribution in [3.63, 3.8) is 0 Å². The van der Waals surface area contributed by atoms with Crippen LogP contribution in [-0.4, -0.2) is 34.9 Å². The van der Waals surface area contributed by atoms with E-state index in [-0.39, 0.29) is 18.6 Å². The van der Waals surface area contributed by atoms with Gasteiger partial charge in [0.15, 0.2) is 0 Å². The highest BCUT2D eigenvalue weighted by Crippen LogP contribution is 2.30. The van der Waals surface area contributed by atoms with Crippen LogP contribution >= 0.6 is 0 Å². The minimum absolute atomic E-state index is 0.0421. The van der Waals surface area contributed by atoms with E-state index in [1.165, 1.54) is 0 Å². The first-order valence-electron chi connectivity index (χ1n) is 6.81. The van der Waals surface area contributed by atoms with Crippen LogP contribution in [0.5, 0.6) is 0 Å². The third kappa shape index (κ3) is 3.26. The maximum Gasteiger partial charge on any atom is 0.305 e. The Hall–Kier alpha value is -1.55. The van der Waals surface area contributed by atoms with Crippen molar-refractivity contribution in [2.75, 3.05) is 11.4 Å². The van der Waals surface area contributed by atoms with Gasteiger partial charge in [0.2, 0.25) is 0 Å². The van der Waals surface area contributed by atoms with Crippen molar-refractivity contribution in [3.05, 3.63) is 29.8 Å². The summed E-state index contributed by atoms with van der Waals surface area (Å²) in [5, 5.41) is 19.0. The Morgan fingerprint density at radius 2 is 2.11 bits per heavy atom. The first kappa shape index (κ1) is 13.9. The van der Waals surface area contributed by atoms with Gasteiger partial charge in [-0.2, -0.15) is 0 Å². The van der Waals surface area contributed by atoms with Crippen LogP contribution in [0.2, 0.25) is 0 Å². The van der Waals surface area contributed by atoms with E-state index >= 15 is 0 Å². The van der Waals surface area contributed by atoms with Crippen molar-refractivity contribution in [2.45, 2.75) is 44.8 Å². The Labute approximate surface area is 113 Å². The van der Waals surface area contributed by atoms with Crippen molar-refractivity contribution < 1.29 is 15.0 Å². The lowest BCUT2D eigenvalue weighted by Gasteiger charge is -2.34. The van der Waals surface area contributed by atoms with Crippen LogP contribution in [0.4, 0.5) is 5.69 Å². The molecule has 1 aliphatic carbocycles. The van der Waals surface area contributed by atoms with Gasteiger partial charge >= 0.3 is 5.97 Å². The Kier molecular flexibility index (Phi) is 4.43. The van der Waals surface area contributed by atoms with E-state index in [9.17, 15) is 9.90 Å². The smallest absolute Gasteiger partial charge is 0.305 e. The minimum Gasteiger partial charge on any atom is -0.481 e. The van der Waals surface area contributed by atoms with E-state index < -0.39 is 5.97 Å². The van der Waals surface area contributed by atoms with Crippen molar-refractivity contribution in [2.24, 2.45) is 0 Å². The zero-order valence-corrected chi connectivity index (χ0v) is 11.2. The van der Waals surface area contributed by atoms with E-state index in [4.69, 9.17) is 5.11 Å². The number of carboxylic acid groups (broad SMARTS) is 1. The lowest BCUT2D eigenvalue weighted by molar-refractivity contribution is -0.136. The predicted octanol–water partition coefficient (Wildman–Crippen LogP) is 2.19. The zero-order valence-electron chi connectivity index (χ0n) is 11.2. The molecule has 0 amide bonds. The Morgan fingerprint density at radius 1 is 1.37 bits per heavy atom. The first-order chi connectivity index (χ1) is 9.09. The molecular formula is C15H21NO3. The summed E-state index contributed by atoms with van der Waals surface area (Å²) < 4.78 is 0. The largest absolute Gasteiger partial charge is 0.481 e. The summed E-state index contributed by atoms with van der Waals surface area (Å²) in [5.74, 6) is -0.800. The average molecular weight is 263 g/mol. The number of rotatable bonds is 5. The maximum atomic E-state index is 10.8. The third-order valence-electron chi connectivity index (χ3n) is 3.84. The molecule has 2 unspecified atom stereocenters. The highest BCUT2D eigenvalue weighted by molar-refractivity contribution is 5.68. The first-order valence-corrected chi connectivity index (χ1v) is 6.81. The number of carboxylic acids is 1. The molecule has 1 aromatic carbocycles. The fourth-order valence-corrected chi connectivity index (χ4v) is 2.85. The van der Waals surface area contributed by atoms with E-state index in [1.54, 1.807) is 0 Å². The summed E-state index contributed by atoms with van der Waals surface area (Å²) in [6, 6.07) is 7.99. The van der Waals surface area contributed by atoms with E-state index in [1.807, 2.05) is 31.2 Å². The lowest BCUT2D eigenvalue weighted by Crippen LogP contribution is -2.42. The number of aryl methyl sites for hydroxylation is 1. The topological polar surface area (TPSA) is 60.8 Å². The third-order valence-corrected chi connectivity index (χ3v) is 3.84. The fourth-order valence-electron chi connectivity index (χ4n) is 2.85. The van der Waals surface area contributed by atoms with Gasteiger partial charge in [-0.3, -0.25) is 4.79 Å². The molecule has 1 saturated carbocycles. The Bertz CT molecular complexity index is 447. The second kappa shape index (κ2) is 6.06. The molecule has 0 spiro atoms. The number of aliphatic hydroxyl groups is 1. The predicted molar refractivity (Wildman–Crippen MR) is 74.4 cm³/mol. The van der Waals surface area contributed by atoms with Gasteiger partial charge in [-0.25, -0.2) is 0 Å². The molecule has 2 rings (SSSR count). The monoisotopic (exact) mass is 263 g/mol. The van der Waals surface area contributed by atoms with Gasteiger partial charge in [-0.15, -0.1) is 0 Å². The summed E-state index contributed by atoms with van der Waals surface area (Å²) in [6.45, 7) is 2.46. The lowest BCUT2D eigenvalue weighted by atomic mass is 10.1. The summed E-state index contributed by atoms with van der Waals surface area (Å²) in [5.41, 5.74) is 2.15. The number of hydrogen-bond donors (Lipinski definition) is 2. The summed E-state index contributed by atoms with van der Waals surface area (Å²) in [7, 11) is 0. The van der Waals surface area contributed by atoms with E-state index in [2.05, 4.69) is 4.90 Å². The molecule has 1 fully saturated rings. The number of aliphatic hydroxyl groups excluding tert-OH is 1. The number of benzene rings is 1. The van der Waals surface area contributed by atoms with Crippen molar-refractivity contribution in [1.29, 1.82) is 0 Å². The van der Waals surface area contributed by atoms with Crippen molar-refractivity contribution in [1.82, 2.24) is 0 Å². The maximum absolute atomic E-state index is 10.8. The highest BCUT2D eigenvalue weighted by atomic mass is 16.4. The molecule has 0 aromatic heterocycles. The van der Waals surface area contributed by atoms with Gasteiger partial charge in [0.05, 0.1) is 18.6 Å². The fraction of sp³-hybridized carbons (Fsp3) is 0.533. The quantitative estimate of drug-likeness (QED) is 0.855.